The van der Waals surface area contributed by atoms with Gasteiger partial charge in [0.15, 0.2) is 6.10 Å². The third-order valence-electron chi connectivity index (χ3n) is 3.11. The van der Waals surface area contributed by atoms with Gasteiger partial charge < -0.3 is 10.1 Å². The summed E-state index contributed by atoms with van der Waals surface area (Å²) >= 11 is 0. The average molecular weight is 263 g/mol. The minimum absolute atomic E-state index is 0.0547. The molecule has 0 spiro atoms. The van der Waals surface area contributed by atoms with E-state index in [4.69, 9.17) is 4.74 Å². The number of ether oxygens (including phenoxy) is 1. The highest BCUT2D eigenvalue weighted by Gasteiger charge is 2.17. The van der Waals surface area contributed by atoms with Gasteiger partial charge in [0.2, 0.25) is 0 Å². The van der Waals surface area contributed by atoms with Crippen LogP contribution in [-0.2, 0) is 4.79 Å². The molecule has 2 atom stereocenters. The van der Waals surface area contributed by atoms with Crippen LogP contribution < -0.4 is 10.1 Å². The van der Waals surface area contributed by atoms with Crippen LogP contribution in [-0.4, -0.2) is 18.1 Å². The number of carbonyl (C=O) groups excluding carboxylic acids is 1. The van der Waals surface area contributed by atoms with Crippen molar-refractivity contribution in [3.63, 3.8) is 0 Å². The van der Waals surface area contributed by atoms with Crippen LogP contribution in [0.5, 0.6) is 5.75 Å². The van der Waals surface area contributed by atoms with Gasteiger partial charge in [-0.15, -0.1) is 0 Å². The second kappa shape index (κ2) is 7.17. The second-order valence-electron chi connectivity index (χ2n) is 5.23. The largest absolute Gasteiger partial charge is 0.481 e. The Balaban J connectivity index is 2.58. The lowest BCUT2D eigenvalue weighted by atomic mass is 10.1. The Morgan fingerprint density at radius 3 is 2.58 bits per heavy atom. The molecule has 0 aliphatic heterocycles. The van der Waals surface area contributed by atoms with Crippen LogP contribution in [0.1, 0.15) is 44.7 Å². The van der Waals surface area contributed by atoms with Crippen molar-refractivity contribution in [2.75, 3.05) is 0 Å². The fourth-order valence-electron chi connectivity index (χ4n) is 2.04. The van der Waals surface area contributed by atoms with Gasteiger partial charge >= 0.3 is 0 Å². The normalized spacial score (nSPS) is 13.7. The molecule has 0 aromatic heterocycles. The van der Waals surface area contributed by atoms with Gasteiger partial charge in [-0.05, 0) is 45.7 Å². The highest BCUT2D eigenvalue weighted by Crippen LogP contribution is 2.20. The van der Waals surface area contributed by atoms with Gasteiger partial charge in [0.05, 0.1) is 0 Å². The second-order valence-corrected chi connectivity index (χ2v) is 5.23. The summed E-state index contributed by atoms with van der Waals surface area (Å²) in [5.74, 6) is 0.720. The van der Waals surface area contributed by atoms with Crippen LogP contribution in [0.2, 0.25) is 0 Å². The van der Waals surface area contributed by atoms with E-state index in [1.165, 1.54) is 5.56 Å². The van der Waals surface area contributed by atoms with Gasteiger partial charge in [0, 0.05) is 6.04 Å². The number of aryl methyl sites for hydroxylation is 2. The van der Waals surface area contributed by atoms with E-state index in [1.54, 1.807) is 6.92 Å². The molecule has 1 N–H and O–H groups in total. The Hall–Kier alpha value is -1.51. The van der Waals surface area contributed by atoms with Gasteiger partial charge in [-0.3, -0.25) is 4.79 Å². The zero-order valence-corrected chi connectivity index (χ0v) is 12.6. The van der Waals surface area contributed by atoms with E-state index >= 15 is 0 Å². The predicted molar refractivity (Wildman–Crippen MR) is 78.5 cm³/mol. The summed E-state index contributed by atoms with van der Waals surface area (Å²) in [5, 5.41) is 2.97. The molecule has 0 unspecified atom stereocenters. The van der Waals surface area contributed by atoms with E-state index in [9.17, 15) is 4.79 Å². The number of hydrogen-bond donors (Lipinski definition) is 1. The zero-order valence-electron chi connectivity index (χ0n) is 12.6. The average Bonchev–Trinajstić information content (AvgIpc) is 2.32. The highest BCUT2D eigenvalue weighted by atomic mass is 16.5. The molecular formula is C16H25NO2. The number of benzene rings is 1. The smallest absolute Gasteiger partial charge is 0.260 e. The molecular weight excluding hydrogens is 238 g/mol. The number of amides is 1. The number of carbonyl (C=O) groups is 1. The van der Waals surface area contributed by atoms with Crippen LogP contribution in [0.25, 0.3) is 0 Å². The molecule has 0 heterocycles. The van der Waals surface area contributed by atoms with Gasteiger partial charge in [0.1, 0.15) is 5.75 Å². The fourth-order valence-corrected chi connectivity index (χ4v) is 2.04. The molecule has 0 aliphatic carbocycles. The van der Waals surface area contributed by atoms with Gasteiger partial charge in [0.25, 0.3) is 5.91 Å². The summed E-state index contributed by atoms with van der Waals surface area (Å²) in [5.41, 5.74) is 2.25. The van der Waals surface area contributed by atoms with Crippen molar-refractivity contribution in [1.82, 2.24) is 5.32 Å². The number of rotatable bonds is 6. The van der Waals surface area contributed by atoms with E-state index in [0.29, 0.717) is 0 Å². The lowest BCUT2D eigenvalue weighted by molar-refractivity contribution is -0.127. The Kier molecular flexibility index (Phi) is 5.87. The molecule has 3 nitrogen and oxygen atoms in total. The van der Waals surface area contributed by atoms with Crippen molar-refractivity contribution in [1.29, 1.82) is 0 Å². The molecule has 0 aliphatic rings. The number of nitrogens with one attached hydrogen (secondary N) is 1. The van der Waals surface area contributed by atoms with E-state index in [0.717, 1.165) is 24.2 Å². The summed E-state index contributed by atoms with van der Waals surface area (Å²) in [6, 6.07) is 6.17. The quantitative estimate of drug-likeness (QED) is 0.854. The lowest BCUT2D eigenvalue weighted by Gasteiger charge is -2.19. The Labute approximate surface area is 116 Å². The van der Waals surface area contributed by atoms with Crippen LogP contribution in [0.3, 0.4) is 0 Å². The third kappa shape index (κ3) is 4.93. The molecule has 0 fully saturated rings. The van der Waals surface area contributed by atoms with Gasteiger partial charge in [-0.25, -0.2) is 0 Å². The summed E-state index contributed by atoms with van der Waals surface area (Å²) in [4.78, 5) is 12.0. The molecule has 1 rings (SSSR count). The van der Waals surface area contributed by atoms with Crippen molar-refractivity contribution >= 4 is 5.91 Å². The molecule has 0 saturated carbocycles. The predicted octanol–water partition coefficient (Wildman–Crippen LogP) is 3.38. The van der Waals surface area contributed by atoms with E-state index in [2.05, 4.69) is 18.3 Å². The SMILES string of the molecule is CCC[C@H](C)NC(=O)[C@@H](C)Oc1ccc(C)cc1C. The molecule has 0 radical (unpaired) electrons. The van der Waals surface area contributed by atoms with Crippen molar-refractivity contribution in [3.8, 4) is 5.75 Å². The first kappa shape index (κ1) is 15.5. The number of hydrogen-bond acceptors (Lipinski definition) is 2. The summed E-state index contributed by atoms with van der Waals surface area (Å²) in [6.45, 7) is 9.95. The third-order valence-corrected chi connectivity index (χ3v) is 3.11. The molecule has 1 aromatic rings. The van der Waals surface area contributed by atoms with Crippen LogP contribution >= 0.6 is 0 Å². The van der Waals surface area contributed by atoms with Gasteiger partial charge in [-0.2, -0.15) is 0 Å². The Morgan fingerprint density at radius 1 is 1.32 bits per heavy atom. The molecule has 1 amide bonds. The Bertz CT molecular complexity index is 429. The summed E-state index contributed by atoms with van der Waals surface area (Å²) in [6.07, 6.45) is 1.58. The minimum Gasteiger partial charge on any atom is -0.481 e. The Morgan fingerprint density at radius 2 is 2.00 bits per heavy atom. The maximum Gasteiger partial charge on any atom is 0.260 e. The van der Waals surface area contributed by atoms with Crippen LogP contribution in [0.4, 0.5) is 0 Å². The first-order chi connectivity index (χ1) is 8.93. The van der Waals surface area contributed by atoms with Crippen molar-refractivity contribution in [2.24, 2.45) is 0 Å². The zero-order chi connectivity index (χ0) is 14.4. The first-order valence-electron chi connectivity index (χ1n) is 6.98. The van der Waals surface area contributed by atoms with Gasteiger partial charge in [-0.1, -0.05) is 31.0 Å². The fraction of sp³-hybridized carbons (Fsp3) is 0.562. The standard InChI is InChI=1S/C16H25NO2/c1-6-7-13(4)17-16(18)14(5)19-15-9-8-11(2)10-12(15)3/h8-10,13-14H,6-7H2,1-5H3,(H,17,18)/t13-,14+/m0/s1. The summed E-state index contributed by atoms with van der Waals surface area (Å²) in [7, 11) is 0. The summed E-state index contributed by atoms with van der Waals surface area (Å²) < 4.78 is 5.73. The molecule has 0 bridgehead atoms. The van der Waals surface area contributed by atoms with E-state index in [1.807, 2.05) is 32.9 Å². The van der Waals surface area contributed by atoms with Crippen molar-refractivity contribution in [3.05, 3.63) is 29.3 Å². The monoisotopic (exact) mass is 263 g/mol. The molecule has 3 heteroatoms. The maximum atomic E-state index is 12.0. The molecule has 0 saturated heterocycles. The van der Waals surface area contributed by atoms with Crippen LogP contribution in [0.15, 0.2) is 18.2 Å². The molecule has 19 heavy (non-hydrogen) atoms. The maximum absolute atomic E-state index is 12.0. The highest BCUT2D eigenvalue weighted by molar-refractivity contribution is 5.81. The topological polar surface area (TPSA) is 38.3 Å². The van der Waals surface area contributed by atoms with Crippen molar-refractivity contribution < 1.29 is 9.53 Å². The lowest BCUT2D eigenvalue weighted by Crippen LogP contribution is -2.41. The molecule has 1 aromatic carbocycles. The first-order valence-corrected chi connectivity index (χ1v) is 6.98. The van der Waals surface area contributed by atoms with E-state index in [-0.39, 0.29) is 11.9 Å². The minimum atomic E-state index is -0.472. The van der Waals surface area contributed by atoms with Crippen molar-refractivity contribution in [2.45, 2.75) is 59.6 Å². The van der Waals surface area contributed by atoms with Crippen LogP contribution in [0, 0.1) is 13.8 Å². The van der Waals surface area contributed by atoms with E-state index < -0.39 is 6.10 Å². The molecule has 106 valence electrons.